The number of carbonyl (C=O) groups is 1. The van der Waals surface area contributed by atoms with Gasteiger partial charge in [0.15, 0.2) is 5.78 Å². The van der Waals surface area contributed by atoms with E-state index in [1.54, 1.807) is 5.37 Å². The Hall–Kier alpha value is -1.02. The number of thiocarbonyl (C=S) groups is 1. The third kappa shape index (κ3) is 3.92. The molecule has 1 aromatic carbocycles. The van der Waals surface area contributed by atoms with E-state index >= 15 is 0 Å². The van der Waals surface area contributed by atoms with Gasteiger partial charge in [-0.2, -0.15) is 0 Å². The Kier molecular flexibility index (Phi) is 3.75. The van der Waals surface area contributed by atoms with E-state index in [1.165, 1.54) is 0 Å². The van der Waals surface area contributed by atoms with Crippen LogP contribution in [-0.2, 0) is 0 Å². The van der Waals surface area contributed by atoms with Crippen molar-refractivity contribution in [2.24, 2.45) is 5.41 Å². The average molecular weight is 220 g/mol. The zero-order valence-corrected chi connectivity index (χ0v) is 10.2. The largest absolute Gasteiger partial charge is 0.294 e. The first-order valence-corrected chi connectivity index (χ1v) is 5.48. The Labute approximate surface area is 96.5 Å². The van der Waals surface area contributed by atoms with Crippen LogP contribution < -0.4 is 0 Å². The summed E-state index contributed by atoms with van der Waals surface area (Å²) in [5, 5.41) is 1.61. The predicted molar refractivity (Wildman–Crippen MR) is 67.6 cm³/mol. The van der Waals surface area contributed by atoms with Crippen molar-refractivity contribution in [3.63, 3.8) is 0 Å². The fourth-order valence-corrected chi connectivity index (χ4v) is 1.49. The minimum absolute atomic E-state index is 0.0416. The molecule has 0 aliphatic rings. The molecule has 80 valence electrons. The minimum Gasteiger partial charge on any atom is -0.294 e. The molecule has 0 saturated carbocycles. The second kappa shape index (κ2) is 4.67. The van der Waals surface area contributed by atoms with Crippen LogP contribution in [0.1, 0.15) is 43.1 Å². The van der Waals surface area contributed by atoms with Gasteiger partial charge >= 0.3 is 0 Å². The van der Waals surface area contributed by atoms with Gasteiger partial charge < -0.3 is 0 Å². The van der Waals surface area contributed by atoms with Gasteiger partial charge in [0.1, 0.15) is 0 Å². The molecule has 1 aromatic rings. The van der Waals surface area contributed by atoms with Gasteiger partial charge in [0.25, 0.3) is 0 Å². The normalized spacial score (nSPS) is 11.1. The van der Waals surface area contributed by atoms with Gasteiger partial charge in [-0.1, -0.05) is 57.3 Å². The van der Waals surface area contributed by atoms with Crippen molar-refractivity contribution < 1.29 is 4.79 Å². The van der Waals surface area contributed by atoms with Crippen molar-refractivity contribution in [3.8, 4) is 0 Å². The molecule has 2 heteroatoms. The van der Waals surface area contributed by atoms with E-state index in [1.807, 2.05) is 24.3 Å². The molecule has 0 radical (unpaired) electrons. The van der Waals surface area contributed by atoms with Crippen molar-refractivity contribution in [2.75, 3.05) is 0 Å². The summed E-state index contributed by atoms with van der Waals surface area (Å²) in [4.78, 5) is 11.8. The van der Waals surface area contributed by atoms with Gasteiger partial charge in [-0.3, -0.25) is 4.79 Å². The van der Waals surface area contributed by atoms with Crippen LogP contribution in [0.3, 0.4) is 0 Å². The Balaban J connectivity index is 2.79. The zero-order chi connectivity index (χ0) is 11.5. The van der Waals surface area contributed by atoms with Gasteiger partial charge in [0, 0.05) is 17.4 Å². The molecule has 1 rings (SSSR count). The zero-order valence-electron chi connectivity index (χ0n) is 9.41. The molecule has 0 atom stereocenters. The number of benzene rings is 1. The van der Waals surface area contributed by atoms with Crippen LogP contribution in [0, 0.1) is 5.41 Å². The second-order valence-corrected chi connectivity index (χ2v) is 5.14. The molecule has 0 aliphatic carbocycles. The third-order valence-corrected chi connectivity index (χ3v) is 2.33. The van der Waals surface area contributed by atoms with E-state index < -0.39 is 0 Å². The van der Waals surface area contributed by atoms with E-state index in [4.69, 9.17) is 12.2 Å². The fraction of sp³-hybridized carbons (Fsp3) is 0.385. The highest BCUT2D eigenvalue weighted by atomic mass is 32.1. The fourth-order valence-electron chi connectivity index (χ4n) is 1.33. The molecule has 0 heterocycles. The van der Waals surface area contributed by atoms with Crippen LogP contribution in [0.4, 0.5) is 0 Å². The summed E-state index contributed by atoms with van der Waals surface area (Å²) in [5.41, 5.74) is 1.78. The SMILES string of the molecule is CC(C)(C)CC(=O)c1ccc(C=S)cc1. The summed E-state index contributed by atoms with van der Waals surface area (Å²) in [7, 11) is 0. The van der Waals surface area contributed by atoms with Crippen LogP contribution in [0.25, 0.3) is 0 Å². The number of hydrogen-bond acceptors (Lipinski definition) is 2. The molecule has 0 unspecified atom stereocenters. The summed E-state index contributed by atoms with van der Waals surface area (Å²) in [5.74, 6) is 0.193. The van der Waals surface area contributed by atoms with Crippen molar-refractivity contribution in [1.82, 2.24) is 0 Å². The molecular formula is C13H16OS. The summed E-state index contributed by atoms with van der Waals surface area (Å²) < 4.78 is 0. The highest BCUT2D eigenvalue weighted by molar-refractivity contribution is 7.79. The lowest BCUT2D eigenvalue weighted by Crippen LogP contribution is -2.12. The summed E-state index contributed by atoms with van der Waals surface area (Å²) in [6, 6.07) is 7.43. The summed E-state index contributed by atoms with van der Waals surface area (Å²) in [6.07, 6.45) is 0.573. The van der Waals surface area contributed by atoms with Gasteiger partial charge in [-0.15, -0.1) is 0 Å². The van der Waals surface area contributed by atoms with Gasteiger partial charge in [-0.25, -0.2) is 0 Å². The smallest absolute Gasteiger partial charge is 0.163 e. The number of rotatable bonds is 3. The summed E-state index contributed by atoms with van der Waals surface area (Å²) >= 11 is 4.81. The van der Waals surface area contributed by atoms with Crippen molar-refractivity contribution >= 4 is 23.4 Å². The topological polar surface area (TPSA) is 17.1 Å². The number of ketones is 1. The molecule has 0 amide bonds. The Morgan fingerprint density at radius 3 is 2.20 bits per heavy atom. The Morgan fingerprint density at radius 1 is 1.27 bits per heavy atom. The highest BCUT2D eigenvalue weighted by Crippen LogP contribution is 2.21. The number of Topliss-reactive ketones (excluding diaryl/α,β-unsaturated/α-hetero) is 1. The quantitative estimate of drug-likeness (QED) is 0.571. The number of hydrogen-bond donors (Lipinski definition) is 0. The van der Waals surface area contributed by atoms with Crippen molar-refractivity contribution in [3.05, 3.63) is 35.4 Å². The Morgan fingerprint density at radius 2 is 1.80 bits per heavy atom. The van der Waals surface area contributed by atoms with Crippen molar-refractivity contribution in [1.29, 1.82) is 0 Å². The van der Waals surface area contributed by atoms with E-state index in [2.05, 4.69) is 20.8 Å². The van der Waals surface area contributed by atoms with Gasteiger partial charge in [-0.05, 0) is 11.0 Å². The predicted octanol–water partition coefficient (Wildman–Crippen LogP) is 3.65. The van der Waals surface area contributed by atoms with Crippen molar-refractivity contribution in [2.45, 2.75) is 27.2 Å². The maximum Gasteiger partial charge on any atom is 0.163 e. The number of carbonyl (C=O) groups excluding carboxylic acids is 1. The molecule has 0 aliphatic heterocycles. The molecule has 0 spiro atoms. The molecule has 0 saturated heterocycles. The van der Waals surface area contributed by atoms with Gasteiger partial charge in [0.05, 0.1) is 0 Å². The molecule has 0 fully saturated rings. The van der Waals surface area contributed by atoms with Crippen LogP contribution in [0.15, 0.2) is 24.3 Å². The van der Waals surface area contributed by atoms with Crippen LogP contribution in [0.5, 0.6) is 0 Å². The molecule has 1 nitrogen and oxygen atoms in total. The first-order chi connectivity index (χ1) is 6.92. The van der Waals surface area contributed by atoms with E-state index in [-0.39, 0.29) is 11.2 Å². The monoisotopic (exact) mass is 220 g/mol. The molecule has 15 heavy (non-hydrogen) atoms. The van der Waals surface area contributed by atoms with Crippen LogP contribution in [-0.4, -0.2) is 11.2 Å². The second-order valence-electron chi connectivity index (χ2n) is 4.90. The first kappa shape index (κ1) is 12.1. The molecule has 0 aromatic heterocycles. The molecule has 0 bridgehead atoms. The lowest BCUT2D eigenvalue weighted by molar-refractivity contribution is 0.0940. The third-order valence-electron chi connectivity index (χ3n) is 2.06. The maximum absolute atomic E-state index is 11.8. The van der Waals surface area contributed by atoms with Crippen LogP contribution in [0.2, 0.25) is 0 Å². The Bertz CT molecular complexity index is 357. The van der Waals surface area contributed by atoms with E-state index in [9.17, 15) is 4.79 Å². The lowest BCUT2D eigenvalue weighted by Gasteiger charge is -2.16. The average Bonchev–Trinajstić information content (AvgIpc) is 2.15. The molecule has 0 N–H and O–H groups in total. The van der Waals surface area contributed by atoms with E-state index in [0.29, 0.717) is 6.42 Å². The van der Waals surface area contributed by atoms with Crippen LogP contribution >= 0.6 is 12.2 Å². The van der Waals surface area contributed by atoms with E-state index in [0.717, 1.165) is 11.1 Å². The first-order valence-electron chi connectivity index (χ1n) is 5.01. The van der Waals surface area contributed by atoms with Gasteiger partial charge in [0.2, 0.25) is 0 Å². The summed E-state index contributed by atoms with van der Waals surface area (Å²) in [6.45, 7) is 6.20. The minimum atomic E-state index is 0.0416. The lowest BCUT2D eigenvalue weighted by atomic mass is 9.88. The molecular weight excluding hydrogens is 204 g/mol. The standard InChI is InChI=1S/C13H16OS/c1-13(2,3)8-12(14)11-6-4-10(9-15)5-7-11/h4-7,9H,8H2,1-3H3. The highest BCUT2D eigenvalue weighted by Gasteiger charge is 2.16. The maximum atomic E-state index is 11.8.